The van der Waals surface area contributed by atoms with E-state index in [-0.39, 0.29) is 5.60 Å². The van der Waals surface area contributed by atoms with Crippen LogP contribution in [0.15, 0.2) is 0 Å². The highest BCUT2D eigenvalue weighted by Gasteiger charge is 2.12. The third-order valence-electron chi connectivity index (χ3n) is 2.32. The summed E-state index contributed by atoms with van der Waals surface area (Å²) in [7, 11) is 2.12. The molecule has 0 aliphatic heterocycles. The normalized spacial score (nSPS) is 14.8. The Morgan fingerprint density at radius 2 is 1.93 bits per heavy atom. The summed E-state index contributed by atoms with van der Waals surface area (Å²) in [5, 5.41) is 0. The number of likely N-dealkylation sites (N-methyl/N-ethyl adjacent to an activating group) is 1. The van der Waals surface area contributed by atoms with E-state index in [1.807, 2.05) is 0 Å². The minimum absolute atomic E-state index is 0.0298. The van der Waals surface area contributed by atoms with Crippen molar-refractivity contribution < 1.29 is 4.74 Å². The van der Waals surface area contributed by atoms with Crippen LogP contribution in [0.25, 0.3) is 0 Å². The first-order chi connectivity index (χ1) is 6.37. The zero-order valence-electron chi connectivity index (χ0n) is 10.3. The van der Waals surface area contributed by atoms with Crippen molar-refractivity contribution >= 4 is 0 Å². The van der Waals surface area contributed by atoms with Gasteiger partial charge in [-0.15, -0.1) is 0 Å². The minimum atomic E-state index is -0.0298. The maximum Gasteiger partial charge on any atom is 0.0600 e. The van der Waals surface area contributed by atoms with Gasteiger partial charge in [0.1, 0.15) is 0 Å². The molecule has 1 atom stereocenters. The fourth-order valence-corrected chi connectivity index (χ4v) is 1.18. The van der Waals surface area contributed by atoms with Gasteiger partial charge < -0.3 is 15.4 Å². The van der Waals surface area contributed by atoms with Crippen molar-refractivity contribution in [2.75, 3.05) is 26.7 Å². The first kappa shape index (κ1) is 13.9. The van der Waals surface area contributed by atoms with Gasteiger partial charge in [-0.05, 0) is 47.7 Å². The lowest BCUT2D eigenvalue weighted by Gasteiger charge is -2.26. The van der Waals surface area contributed by atoms with Crippen LogP contribution in [0.3, 0.4) is 0 Å². The number of hydrogen-bond donors (Lipinski definition) is 1. The summed E-state index contributed by atoms with van der Waals surface area (Å²) in [6.07, 6.45) is 1.05. The molecule has 0 heterocycles. The summed E-state index contributed by atoms with van der Waals surface area (Å²) in [5.74, 6) is 0. The third kappa shape index (κ3) is 7.30. The largest absolute Gasteiger partial charge is 0.375 e. The Labute approximate surface area is 88.6 Å². The summed E-state index contributed by atoms with van der Waals surface area (Å²) in [6.45, 7) is 11.0. The summed E-state index contributed by atoms with van der Waals surface area (Å²) < 4.78 is 5.66. The highest BCUT2D eigenvalue weighted by Crippen LogP contribution is 2.07. The van der Waals surface area contributed by atoms with Gasteiger partial charge in [0.15, 0.2) is 0 Å². The molecule has 0 saturated heterocycles. The first-order valence-corrected chi connectivity index (χ1v) is 5.41. The van der Waals surface area contributed by atoms with Crippen molar-refractivity contribution in [3.05, 3.63) is 0 Å². The number of rotatable bonds is 6. The molecule has 0 saturated carbocycles. The Hall–Kier alpha value is -0.120. The van der Waals surface area contributed by atoms with Gasteiger partial charge in [0.05, 0.1) is 12.2 Å². The quantitative estimate of drug-likeness (QED) is 0.709. The molecular formula is C11H26N2O. The van der Waals surface area contributed by atoms with E-state index in [0.717, 1.165) is 26.1 Å². The first-order valence-electron chi connectivity index (χ1n) is 5.41. The molecule has 2 N–H and O–H groups in total. The smallest absolute Gasteiger partial charge is 0.0600 e. The van der Waals surface area contributed by atoms with Crippen LogP contribution in [0, 0.1) is 0 Å². The Balaban J connectivity index is 3.58. The van der Waals surface area contributed by atoms with E-state index in [1.165, 1.54) is 0 Å². The zero-order chi connectivity index (χ0) is 11.2. The maximum atomic E-state index is 5.66. The summed E-state index contributed by atoms with van der Waals surface area (Å²) in [6, 6.07) is 0.545. The fraction of sp³-hybridized carbons (Fsp3) is 1.00. The highest BCUT2D eigenvalue weighted by atomic mass is 16.5. The third-order valence-corrected chi connectivity index (χ3v) is 2.32. The van der Waals surface area contributed by atoms with E-state index in [1.54, 1.807) is 0 Å². The van der Waals surface area contributed by atoms with Crippen molar-refractivity contribution in [3.8, 4) is 0 Å². The van der Waals surface area contributed by atoms with Gasteiger partial charge in [-0.1, -0.05) is 0 Å². The van der Waals surface area contributed by atoms with Crippen molar-refractivity contribution in [2.45, 2.75) is 45.8 Å². The summed E-state index contributed by atoms with van der Waals surface area (Å²) in [5.41, 5.74) is 5.48. The number of ether oxygens (including phenoxy) is 1. The van der Waals surface area contributed by atoms with Crippen LogP contribution in [0.1, 0.15) is 34.1 Å². The highest BCUT2D eigenvalue weighted by molar-refractivity contribution is 4.65. The van der Waals surface area contributed by atoms with Crippen LogP contribution in [-0.2, 0) is 4.74 Å². The SMILES string of the molecule is CC(CCN)N(C)CCOC(C)(C)C. The Bertz CT molecular complexity index is 143. The van der Waals surface area contributed by atoms with Crippen LogP contribution in [0.2, 0.25) is 0 Å². The van der Waals surface area contributed by atoms with E-state index >= 15 is 0 Å². The molecular weight excluding hydrogens is 176 g/mol. The van der Waals surface area contributed by atoms with E-state index in [2.05, 4.69) is 39.6 Å². The average Bonchev–Trinajstić information content (AvgIpc) is 2.02. The molecule has 3 nitrogen and oxygen atoms in total. The molecule has 3 heteroatoms. The van der Waals surface area contributed by atoms with Gasteiger partial charge in [-0.3, -0.25) is 0 Å². The van der Waals surface area contributed by atoms with Gasteiger partial charge in [-0.2, -0.15) is 0 Å². The second-order valence-electron chi connectivity index (χ2n) is 4.87. The molecule has 0 rings (SSSR count). The number of hydrogen-bond acceptors (Lipinski definition) is 3. The van der Waals surface area contributed by atoms with Gasteiger partial charge in [0.2, 0.25) is 0 Å². The lowest BCUT2D eigenvalue weighted by atomic mass is 10.2. The van der Waals surface area contributed by atoms with Crippen molar-refractivity contribution in [1.29, 1.82) is 0 Å². The van der Waals surface area contributed by atoms with Crippen molar-refractivity contribution in [2.24, 2.45) is 5.73 Å². The molecule has 0 bridgehead atoms. The maximum absolute atomic E-state index is 5.66. The summed E-state index contributed by atoms with van der Waals surface area (Å²) in [4.78, 5) is 2.29. The number of nitrogens with two attached hydrogens (primary N) is 1. The zero-order valence-corrected chi connectivity index (χ0v) is 10.3. The lowest BCUT2D eigenvalue weighted by Crippen LogP contribution is -2.35. The van der Waals surface area contributed by atoms with E-state index in [0.29, 0.717) is 6.04 Å². The van der Waals surface area contributed by atoms with Crippen LogP contribution < -0.4 is 5.73 Å². The molecule has 1 unspecified atom stereocenters. The number of nitrogens with zero attached hydrogens (tertiary/aromatic N) is 1. The molecule has 0 aromatic rings. The van der Waals surface area contributed by atoms with Crippen molar-refractivity contribution in [1.82, 2.24) is 4.90 Å². The minimum Gasteiger partial charge on any atom is -0.375 e. The van der Waals surface area contributed by atoms with E-state index in [9.17, 15) is 0 Å². The predicted molar refractivity (Wildman–Crippen MR) is 61.5 cm³/mol. The Kier molecular flexibility index (Phi) is 6.33. The van der Waals surface area contributed by atoms with Crippen LogP contribution in [0.5, 0.6) is 0 Å². The van der Waals surface area contributed by atoms with Crippen LogP contribution in [0.4, 0.5) is 0 Å². The predicted octanol–water partition coefficient (Wildman–Crippen LogP) is 1.47. The van der Waals surface area contributed by atoms with Crippen LogP contribution in [-0.4, -0.2) is 43.3 Å². The molecule has 86 valence electrons. The second kappa shape index (κ2) is 6.38. The molecule has 0 aromatic carbocycles. The topological polar surface area (TPSA) is 38.5 Å². The van der Waals surface area contributed by atoms with Gasteiger partial charge in [-0.25, -0.2) is 0 Å². The van der Waals surface area contributed by atoms with Crippen LogP contribution >= 0.6 is 0 Å². The van der Waals surface area contributed by atoms with E-state index in [4.69, 9.17) is 10.5 Å². The Morgan fingerprint density at radius 1 is 1.36 bits per heavy atom. The standard InChI is InChI=1S/C11H26N2O/c1-10(6-7-12)13(5)8-9-14-11(2,3)4/h10H,6-9,12H2,1-5H3. The van der Waals surface area contributed by atoms with Crippen molar-refractivity contribution in [3.63, 3.8) is 0 Å². The monoisotopic (exact) mass is 202 g/mol. The molecule has 0 aliphatic carbocycles. The molecule has 0 spiro atoms. The molecule has 0 amide bonds. The van der Waals surface area contributed by atoms with Gasteiger partial charge in [0.25, 0.3) is 0 Å². The second-order valence-corrected chi connectivity index (χ2v) is 4.87. The molecule has 0 aliphatic rings. The summed E-state index contributed by atoms with van der Waals surface area (Å²) >= 11 is 0. The lowest BCUT2D eigenvalue weighted by molar-refractivity contribution is -0.0140. The fourth-order valence-electron chi connectivity index (χ4n) is 1.18. The Morgan fingerprint density at radius 3 is 2.36 bits per heavy atom. The molecule has 0 radical (unpaired) electrons. The van der Waals surface area contributed by atoms with E-state index < -0.39 is 0 Å². The average molecular weight is 202 g/mol. The molecule has 0 aromatic heterocycles. The molecule has 0 fully saturated rings. The van der Waals surface area contributed by atoms with Gasteiger partial charge in [0, 0.05) is 12.6 Å². The van der Waals surface area contributed by atoms with Gasteiger partial charge >= 0.3 is 0 Å². The molecule has 14 heavy (non-hydrogen) atoms.